The number of azide groups is 1. The molecule has 0 fully saturated rings. The molecular formula is C10H13N3O. The van der Waals surface area contributed by atoms with Crippen LogP contribution in [0.4, 0.5) is 0 Å². The minimum atomic E-state index is -0.118. The largest absolute Gasteiger partial charge is 0.384 e. The first-order chi connectivity index (χ1) is 6.86. The zero-order valence-electron chi connectivity index (χ0n) is 8.13. The number of nitrogens with zero attached hydrogens (tertiary/aromatic N) is 3. The SMILES string of the molecule is COCC(Cc1ccccc1)N=[N+]=[N-]. The smallest absolute Gasteiger partial charge is 0.0648 e. The molecule has 14 heavy (non-hydrogen) atoms. The minimum absolute atomic E-state index is 0.118. The molecule has 0 aliphatic carbocycles. The van der Waals surface area contributed by atoms with Crippen LogP contribution in [0.5, 0.6) is 0 Å². The van der Waals surface area contributed by atoms with E-state index in [-0.39, 0.29) is 6.04 Å². The van der Waals surface area contributed by atoms with E-state index in [2.05, 4.69) is 10.0 Å². The molecule has 1 atom stereocenters. The van der Waals surface area contributed by atoms with E-state index in [9.17, 15) is 0 Å². The summed E-state index contributed by atoms with van der Waals surface area (Å²) in [7, 11) is 1.60. The van der Waals surface area contributed by atoms with Crippen molar-refractivity contribution in [3.8, 4) is 0 Å². The van der Waals surface area contributed by atoms with Crippen LogP contribution < -0.4 is 0 Å². The van der Waals surface area contributed by atoms with Crippen LogP contribution in [-0.2, 0) is 11.2 Å². The van der Waals surface area contributed by atoms with Crippen LogP contribution in [-0.4, -0.2) is 19.8 Å². The van der Waals surface area contributed by atoms with Crippen molar-refractivity contribution in [2.24, 2.45) is 5.11 Å². The lowest BCUT2D eigenvalue weighted by Gasteiger charge is -2.09. The second-order valence-electron chi connectivity index (χ2n) is 3.00. The molecule has 4 nitrogen and oxygen atoms in total. The maximum Gasteiger partial charge on any atom is 0.0648 e. The van der Waals surface area contributed by atoms with Gasteiger partial charge >= 0.3 is 0 Å². The van der Waals surface area contributed by atoms with Crippen molar-refractivity contribution in [3.05, 3.63) is 46.3 Å². The van der Waals surface area contributed by atoms with Crippen LogP contribution in [0.2, 0.25) is 0 Å². The molecule has 0 amide bonds. The Balaban J connectivity index is 2.59. The summed E-state index contributed by atoms with van der Waals surface area (Å²) in [5.41, 5.74) is 9.50. The second kappa shape index (κ2) is 6.02. The maximum atomic E-state index is 8.34. The van der Waals surface area contributed by atoms with Gasteiger partial charge in [0.05, 0.1) is 12.6 Å². The van der Waals surface area contributed by atoms with Gasteiger partial charge in [0.15, 0.2) is 0 Å². The van der Waals surface area contributed by atoms with Gasteiger partial charge in [-0.2, -0.15) is 0 Å². The number of benzene rings is 1. The third-order valence-corrected chi connectivity index (χ3v) is 1.89. The Hall–Kier alpha value is -1.51. The Labute approximate surface area is 83.1 Å². The molecule has 0 aromatic heterocycles. The van der Waals surface area contributed by atoms with Gasteiger partial charge in [0.25, 0.3) is 0 Å². The monoisotopic (exact) mass is 191 g/mol. The minimum Gasteiger partial charge on any atom is -0.384 e. The average molecular weight is 191 g/mol. The molecule has 0 aliphatic rings. The van der Waals surface area contributed by atoms with Crippen molar-refractivity contribution < 1.29 is 4.74 Å². The van der Waals surface area contributed by atoms with Gasteiger partial charge in [0.1, 0.15) is 0 Å². The molecule has 0 saturated heterocycles. The molecule has 0 aliphatic heterocycles. The zero-order chi connectivity index (χ0) is 10.2. The lowest BCUT2D eigenvalue weighted by Crippen LogP contribution is -2.14. The summed E-state index contributed by atoms with van der Waals surface area (Å²) in [6.07, 6.45) is 0.721. The highest BCUT2D eigenvalue weighted by Crippen LogP contribution is 2.06. The molecule has 0 N–H and O–H groups in total. The lowest BCUT2D eigenvalue weighted by atomic mass is 10.1. The molecule has 4 heteroatoms. The molecule has 1 aromatic rings. The first-order valence-electron chi connectivity index (χ1n) is 4.44. The van der Waals surface area contributed by atoms with E-state index in [0.717, 1.165) is 12.0 Å². The molecule has 0 spiro atoms. The fourth-order valence-corrected chi connectivity index (χ4v) is 1.28. The third-order valence-electron chi connectivity index (χ3n) is 1.89. The summed E-state index contributed by atoms with van der Waals surface area (Å²) in [5, 5.41) is 3.66. The topological polar surface area (TPSA) is 58.0 Å². The highest BCUT2D eigenvalue weighted by atomic mass is 16.5. The van der Waals surface area contributed by atoms with E-state index in [4.69, 9.17) is 10.3 Å². The molecule has 0 heterocycles. The van der Waals surface area contributed by atoms with E-state index in [0.29, 0.717) is 6.61 Å². The maximum absolute atomic E-state index is 8.34. The molecule has 0 saturated carbocycles. The van der Waals surface area contributed by atoms with E-state index in [1.165, 1.54) is 0 Å². The highest BCUT2D eigenvalue weighted by Gasteiger charge is 2.06. The molecular weight excluding hydrogens is 178 g/mol. The van der Waals surface area contributed by atoms with Crippen molar-refractivity contribution in [1.82, 2.24) is 0 Å². The van der Waals surface area contributed by atoms with Gasteiger partial charge in [-0.3, -0.25) is 0 Å². The van der Waals surface area contributed by atoms with Crippen molar-refractivity contribution in [2.45, 2.75) is 12.5 Å². The van der Waals surface area contributed by atoms with Gasteiger partial charge in [-0.1, -0.05) is 35.4 Å². The summed E-state index contributed by atoms with van der Waals surface area (Å²) in [5.74, 6) is 0. The van der Waals surface area contributed by atoms with E-state index < -0.39 is 0 Å². The van der Waals surface area contributed by atoms with Crippen LogP contribution in [0.15, 0.2) is 35.4 Å². The molecule has 1 rings (SSSR count). The van der Waals surface area contributed by atoms with Gasteiger partial charge in [0, 0.05) is 12.0 Å². The molecule has 1 aromatic carbocycles. The number of hydrogen-bond acceptors (Lipinski definition) is 2. The van der Waals surface area contributed by atoms with Gasteiger partial charge < -0.3 is 4.74 Å². The van der Waals surface area contributed by atoms with E-state index >= 15 is 0 Å². The van der Waals surface area contributed by atoms with Crippen molar-refractivity contribution in [1.29, 1.82) is 0 Å². The van der Waals surface area contributed by atoms with Gasteiger partial charge in [-0.05, 0) is 17.5 Å². The van der Waals surface area contributed by atoms with Crippen LogP contribution in [0.25, 0.3) is 10.4 Å². The summed E-state index contributed by atoms with van der Waals surface area (Å²) in [6.45, 7) is 0.457. The molecule has 0 bridgehead atoms. The van der Waals surface area contributed by atoms with E-state index in [1.54, 1.807) is 7.11 Å². The fourth-order valence-electron chi connectivity index (χ4n) is 1.28. The van der Waals surface area contributed by atoms with Crippen molar-refractivity contribution in [3.63, 3.8) is 0 Å². The van der Waals surface area contributed by atoms with Crippen LogP contribution in [0.1, 0.15) is 5.56 Å². The molecule has 1 unspecified atom stereocenters. The number of hydrogen-bond donors (Lipinski definition) is 0. The molecule has 0 radical (unpaired) electrons. The average Bonchev–Trinajstić information content (AvgIpc) is 2.20. The first-order valence-corrected chi connectivity index (χ1v) is 4.44. The predicted octanol–water partition coefficient (Wildman–Crippen LogP) is 2.55. The fraction of sp³-hybridized carbons (Fsp3) is 0.400. The number of methoxy groups -OCH3 is 1. The van der Waals surface area contributed by atoms with E-state index in [1.807, 2.05) is 30.3 Å². The van der Waals surface area contributed by atoms with Gasteiger partial charge in [-0.15, -0.1) is 0 Å². The van der Waals surface area contributed by atoms with Crippen LogP contribution in [0.3, 0.4) is 0 Å². The standard InChI is InChI=1S/C10H13N3O/c1-14-8-10(12-13-11)7-9-5-3-2-4-6-9/h2-6,10H,7-8H2,1H3. The Bertz CT molecular complexity index is 306. The summed E-state index contributed by atoms with van der Waals surface area (Å²) >= 11 is 0. The Morgan fingerprint density at radius 2 is 2.14 bits per heavy atom. The summed E-state index contributed by atoms with van der Waals surface area (Å²) < 4.78 is 4.96. The zero-order valence-corrected chi connectivity index (χ0v) is 8.13. The quantitative estimate of drug-likeness (QED) is 0.401. The second-order valence-corrected chi connectivity index (χ2v) is 3.00. The normalized spacial score (nSPS) is 11.8. The predicted molar refractivity (Wildman–Crippen MR) is 55.0 cm³/mol. The van der Waals surface area contributed by atoms with Crippen LogP contribution >= 0.6 is 0 Å². The summed E-state index contributed by atoms with van der Waals surface area (Å²) in [6, 6.07) is 9.80. The molecule has 74 valence electrons. The Morgan fingerprint density at radius 3 is 2.71 bits per heavy atom. The van der Waals surface area contributed by atoms with Crippen LogP contribution in [0, 0.1) is 0 Å². The number of ether oxygens (including phenoxy) is 1. The van der Waals surface area contributed by atoms with Crippen molar-refractivity contribution >= 4 is 0 Å². The Morgan fingerprint density at radius 1 is 1.43 bits per heavy atom. The Kier molecular flexibility index (Phi) is 4.55. The third kappa shape index (κ3) is 3.47. The highest BCUT2D eigenvalue weighted by molar-refractivity contribution is 5.15. The lowest BCUT2D eigenvalue weighted by molar-refractivity contribution is 0.180. The van der Waals surface area contributed by atoms with Gasteiger partial charge in [0.2, 0.25) is 0 Å². The summed E-state index contributed by atoms with van der Waals surface area (Å²) in [4.78, 5) is 2.80. The first kappa shape index (κ1) is 10.6. The number of rotatable bonds is 5. The van der Waals surface area contributed by atoms with Crippen molar-refractivity contribution in [2.75, 3.05) is 13.7 Å². The van der Waals surface area contributed by atoms with Gasteiger partial charge in [-0.25, -0.2) is 0 Å².